The van der Waals surface area contributed by atoms with Gasteiger partial charge in [0.2, 0.25) is 5.95 Å². The molecule has 5 nitrogen and oxygen atoms in total. The van der Waals surface area contributed by atoms with Crippen molar-refractivity contribution >= 4 is 11.8 Å². The number of benzene rings is 1. The van der Waals surface area contributed by atoms with Crippen LogP contribution in [0.5, 0.6) is 0 Å². The molecule has 0 aliphatic carbocycles. The second-order valence-corrected chi connectivity index (χ2v) is 5.09. The number of rotatable bonds is 5. The Morgan fingerprint density at radius 1 is 1.24 bits per heavy atom. The van der Waals surface area contributed by atoms with Crippen molar-refractivity contribution in [3.63, 3.8) is 0 Å². The molecular weight excluding hydrogens is 264 g/mol. The van der Waals surface area contributed by atoms with Gasteiger partial charge in [0, 0.05) is 31.8 Å². The van der Waals surface area contributed by atoms with Gasteiger partial charge in [-0.3, -0.25) is 0 Å². The third kappa shape index (κ3) is 3.49. The van der Waals surface area contributed by atoms with Crippen LogP contribution < -0.4 is 10.6 Å². The van der Waals surface area contributed by atoms with Gasteiger partial charge in [0.15, 0.2) is 0 Å². The molecule has 1 fully saturated rings. The normalized spacial score (nSPS) is 17.7. The van der Waals surface area contributed by atoms with Crippen LogP contribution in [0.4, 0.5) is 11.8 Å². The molecule has 1 aromatic heterocycles. The fraction of sp³-hybridized carbons (Fsp3) is 0.375. The van der Waals surface area contributed by atoms with Gasteiger partial charge in [0.1, 0.15) is 5.82 Å². The highest BCUT2D eigenvalue weighted by Crippen LogP contribution is 2.21. The standard InChI is InChI=1S/C16H20N4O/c1-17-16-19-14(12-6-3-2-4-7-12)10-15(20-16)18-11-13-8-5-9-21-13/h2-4,6-7,10,13H,5,8-9,11H2,1H3,(H2,17,18,19,20)/t13-/m1/s1. The number of anilines is 2. The van der Waals surface area contributed by atoms with Gasteiger partial charge in [-0.05, 0) is 12.8 Å². The fourth-order valence-electron chi connectivity index (χ4n) is 2.43. The topological polar surface area (TPSA) is 59.1 Å². The Labute approximate surface area is 124 Å². The molecule has 0 amide bonds. The van der Waals surface area contributed by atoms with E-state index >= 15 is 0 Å². The molecule has 2 heterocycles. The van der Waals surface area contributed by atoms with E-state index in [0.29, 0.717) is 5.95 Å². The minimum atomic E-state index is 0.290. The molecule has 0 saturated carbocycles. The zero-order chi connectivity index (χ0) is 14.5. The van der Waals surface area contributed by atoms with E-state index in [4.69, 9.17) is 4.74 Å². The first-order chi connectivity index (χ1) is 10.3. The van der Waals surface area contributed by atoms with E-state index in [0.717, 1.165) is 43.1 Å². The molecule has 2 N–H and O–H groups in total. The van der Waals surface area contributed by atoms with Crippen LogP contribution in [0, 0.1) is 0 Å². The quantitative estimate of drug-likeness (QED) is 0.884. The van der Waals surface area contributed by atoms with Crippen LogP contribution in [0.15, 0.2) is 36.4 Å². The molecule has 1 atom stereocenters. The van der Waals surface area contributed by atoms with Crippen molar-refractivity contribution in [1.82, 2.24) is 9.97 Å². The molecule has 5 heteroatoms. The van der Waals surface area contributed by atoms with Crippen LogP contribution in [0.2, 0.25) is 0 Å². The van der Waals surface area contributed by atoms with Crippen molar-refractivity contribution in [1.29, 1.82) is 0 Å². The molecule has 1 aromatic carbocycles. The minimum Gasteiger partial charge on any atom is -0.376 e. The summed E-state index contributed by atoms with van der Waals surface area (Å²) < 4.78 is 5.62. The SMILES string of the molecule is CNc1nc(NC[C@H]2CCCO2)cc(-c2ccccc2)n1. The summed E-state index contributed by atoms with van der Waals surface area (Å²) in [5.41, 5.74) is 1.99. The molecule has 2 aromatic rings. The number of hydrogen-bond acceptors (Lipinski definition) is 5. The number of hydrogen-bond donors (Lipinski definition) is 2. The van der Waals surface area contributed by atoms with E-state index in [-0.39, 0.29) is 6.10 Å². The Bertz CT molecular complexity index is 582. The Hall–Kier alpha value is -2.14. The third-order valence-electron chi connectivity index (χ3n) is 3.55. The fourth-order valence-corrected chi connectivity index (χ4v) is 2.43. The Balaban J connectivity index is 1.79. The summed E-state index contributed by atoms with van der Waals surface area (Å²) >= 11 is 0. The second-order valence-electron chi connectivity index (χ2n) is 5.09. The van der Waals surface area contributed by atoms with Crippen molar-refractivity contribution in [2.75, 3.05) is 30.8 Å². The first kappa shape index (κ1) is 13.8. The molecule has 21 heavy (non-hydrogen) atoms. The Morgan fingerprint density at radius 2 is 2.10 bits per heavy atom. The van der Waals surface area contributed by atoms with E-state index < -0.39 is 0 Å². The molecule has 1 aliphatic rings. The molecule has 0 radical (unpaired) electrons. The predicted molar refractivity (Wildman–Crippen MR) is 84.5 cm³/mol. The van der Waals surface area contributed by atoms with Crippen molar-refractivity contribution in [2.24, 2.45) is 0 Å². The maximum Gasteiger partial charge on any atom is 0.224 e. The molecule has 110 valence electrons. The van der Waals surface area contributed by atoms with Crippen molar-refractivity contribution < 1.29 is 4.74 Å². The van der Waals surface area contributed by atoms with Gasteiger partial charge in [-0.15, -0.1) is 0 Å². The van der Waals surface area contributed by atoms with E-state index in [2.05, 4.69) is 20.6 Å². The van der Waals surface area contributed by atoms with Crippen LogP contribution in [-0.2, 0) is 4.74 Å². The lowest BCUT2D eigenvalue weighted by Crippen LogP contribution is -2.19. The van der Waals surface area contributed by atoms with E-state index in [1.54, 1.807) is 0 Å². The highest BCUT2D eigenvalue weighted by Gasteiger charge is 2.15. The number of aromatic nitrogens is 2. The minimum absolute atomic E-state index is 0.290. The van der Waals surface area contributed by atoms with Crippen LogP contribution in [-0.4, -0.2) is 36.3 Å². The summed E-state index contributed by atoms with van der Waals surface area (Å²) in [5.74, 6) is 1.44. The smallest absolute Gasteiger partial charge is 0.224 e. The van der Waals surface area contributed by atoms with Gasteiger partial charge >= 0.3 is 0 Å². The monoisotopic (exact) mass is 284 g/mol. The van der Waals surface area contributed by atoms with Gasteiger partial charge in [-0.1, -0.05) is 30.3 Å². The van der Waals surface area contributed by atoms with Crippen molar-refractivity contribution in [3.8, 4) is 11.3 Å². The first-order valence-electron chi connectivity index (χ1n) is 7.33. The first-order valence-corrected chi connectivity index (χ1v) is 7.33. The summed E-state index contributed by atoms with van der Waals surface area (Å²) in [6, 6.07) is 12.1. The lowest BCUT2D eigenvalue weighted by Gasteiger charge is -2.13. The molecule has 0 bridgehead atoms. The van der Waals surface area contributed by atoms with Gasteiger partial charge in [-0.25, -0.2) is 4.98 Å². The molecule has 0 unspecified atom stereocenters. The summed E-state index contributed by atoms with van der Waals surface area (Å²) in [6.45, 7) is 1.65. The number of ether oxygens (including phenoxy) is 1. The lowest BCUT2D eigenvalue weighted by atomic mass is 10.1. The van der Waals surface area contributed by atoms with E-state index in [1.807, 2.05) is 43.4 Å². The molecule has 1 aliphatic heterocycles. The zero-order valence-corrected chi connectivity index (χ0v) is 12.2. The van der Waals surface area contributed by atoms with Gasteiger partial charge in [-0.2, -0.15) is 4.98 Å². The van der Waals surface area contributed by atoms with Crippen molar-refractivity contribution in [3.05, 3.63) is 36.4 Å². The van der Waals surface area contributed by atoms with Gasteiger partial charge < -0.3 is 15.4 Å². The third-order valence-corrected chi connectivity index (χ3v) is 3.55. The molecule has 0 spiro atoms. The Kier molecular flexibility index (Phi) is 4.31. The molecular formula is C16H20N4O. The molecule has 1 saturated heterocycles. The number of nitrogens with zero attached hydrogens (tertiary/aromatic N) is 2. The van der Waals surface area contributed by atoms with E-state index in [1.165, 1.54) is 0 Å². The second kappa shape index (κ2) is 6.54. The summed E-state index contributed by atoms with van der Waals surface area (Å²) in [5, 5.41) is 6.37. The maximum absolute atomic E-state index is 5.62. The van der Waals surface area contributed by atoms with Crippen LogP contribution in [0.3, 0.4) is 0 Å². The lowest BCUT2D eigenvalue weighted by molar-refractivity contribution is 0.120. The van der Waals surface area contributed by atoms with Gasteiger partial charge in [0.25, 0.3) is 0 Å². The summed E-state index contributed by atoms with van der Waals surface area (Å²) in [4.78, 5) is 8.96. The van der Waals surface area contributed by atoms with Crippen molar-refractivity contribution in [2.45, 2.75) is 18.9 Å². The zero-order valence-electron chi connectivity index (χ0n) is 12.2. The highest BCUT2D eigenvalue weighted by molar-refractivity contribution is 5.64. The predicted octanol–water partition coefficient (Wildman–Crippen LogP) is 2.78. The van der Waals surface area contributed by atoms with E-state index in [9.17, 15) is 0 Å². The summed E-state index contributed by atoms with van der Waals surface area (Å²) in [7, 11) is 1.83. The molecule has 3 rings (SSSR count). The van der Waals surface area contributed by atoms with Crippen LogP contribution in [0.1, 0.15) is 12.8 Å². The van der Waals surface area contributed by atoms with Crippen LogP contribution in [0.25, 0.3) is 11.3 Å². The Morgan fingerprint density at radius 3 is 2.81 bits per heavy atom. The number of nitrogens with one attached hydrogen (secondary N) is 2. The average Bonchev–Trinajstić information content (AvgIpc) is 3.07. The van der Waals surface area contributed by atoms with Gasteiger partial charge in [0.05, 0.1) is 11.8 Å². The average molecular weight is 284 g/mol. The maximum atomic E-state index is 5.62. The largest absolute Gasteiger partial charge is 0.376 e. The summed E-state index contributed by atoms with van der Waals surface area (Å²) in [6.07, 6.45) is 2.55. The van der Waals surface area contributed by atoms with Crippen LogP contribution >= 0.6 is 0 Å². The highest BCUT2D eigenvalue weighted by atomic mass is 16.5.